The summed E-state index contributed by atoms with van der Waals surface area (Å²) in [6, 6.07) is 6.65. The minimum absolute atomic E-state index is 0.299. The van der Waals surface area contributed by atoms with Crippen molar-refractivity contribution in [2.45, 2.75) is 19.1 Å². The Kier molecular flexibility index (Phi) is 3.46. The topological polar surface area (TPSA) is 69.2 Å². The number of nitrogens with zero attached hydrogens (tertiary/aromatic N) is 2. The molecular weight excluding hydrogens is 278 g/mol. The van der Waals surface area contributed by atoms with E-state index in [1.807, 2.05) is 0 Å². The Hall–Kier alpha value is -1.85. The number of aliphatic hydroxyl groups is 1. The maximum absolute atomic E-state index is 12.3. The fraction of sp³-hybridized carbons (Fsp3) is 0.286. The van der Waals surface area contributed by atoms with Gasteiger partial charge in [-0.25, -0.2) is 0 Å². The smallest absolute Gasteiger partial charge is 0.256 e. The molecule has 2 heterocycles. The molecule has 0 fully saturated rings. The number of halogens is 1. The number of nitrogens with one attached hydrogen (secondary N) is 1. The Morgan fingerprint density at radius 1 is 1.40 bits per heavy atom. The third kappa shape index (κ3) is 2.42. The number of aromatic nitrogens is 2. The fourth-order valence-electron chi connectivity index (χ4n) is 2.36. The predicted molar refractivity (Wildman–Crippen MR) is 74.1 cm³/mol. The zero-order chi connectivity index (χ0) is 14.1. The van der Waals surface area contributed by atoms with Crippen LogP contribution in [0.5, 0.6) is 0 Å². The van der Waals surface area contributed by atoms with Crippen LogP contribution < -0.4 is 0 Å². The van der Waals surface area contributed by atoms with Crippen molar-refractivity contribution in [2.24, 2.45) is 0 Å². The van der Waals surface area contributed by atoms with Gasteiger partial charge in [-0.2, -0.15) is 5.10 Å². The van der Waals surface area contributed by atoms with Gasteiger partial charge < -0.3 is 10.0 Å². The van der Waals surface area contributed by atoms with Crippen molar-refractivity contribution >= 4 is 17.5 Å². The molecule has 104 valence electrons. The van der Waals surface area contributed by atoms with Crippen LogP contribution in [0.25, 0.3) is 0 Å². The van der Waals surface area contributed by atoms with E-state index in [2.05, 4.69) is 10.2 Å². The number of amides is 1. The van der Waals surface area contributed by atoms with Crippen LogP contribution in [0.3, 0.4) is 0 Å². The molecule has 3 rings (SSSR count). The van der Waals surface area contributed by atoms with E-state index in [-0.39, 0.29) is 5.91 Å². The van der Waals surface area contributed by atoms with Crippen molar-refractivity contribution < 1.29 is 9.90 Å². The maximum Gasteiger partial charge on any atom is 0.256 e. The molecule has 2 N–H and O–H groups in total. The van der Waals surface area contributed by atoms with E-state index in [1.54, 1.807) is 35.4 Å². The first kappa shape index (κ1) is 13.1. The number of aromatic amines is 1. The zero-order valence-electron chi connectivity index (χ0n) is 10.7. The Balaban J connectivity index is 1.74. The molecule has 0 saturated heterocycles. The molecule has 1 aliphatic heterocycles. The summed E-state index contributed by atoms with van der Waals surface area (Å²) < 4.78 is 0. The first-order valence-electron chi connectivity index (χ1n) is 6.38. The number of rotatable bonds is 2. The lowest BCUT2D eigenvalue weighted by atomic mass is 10.0. The van der Waals surface area contributed by atoms with Gasteiger partial charge in [0.05, 0.1) is 18.4 Å². The summed E-state index contributed by atoms with van der Waals surface area (Å²) in [4.78, 5) is 14.0. The van der Waals surface area contributed by atoms with Gasteiger partial charge in [-0.1, -0.05) is 23.7 Å². The van der Waals surface area contributed by atoms with Crippen molar-refractivity contribution in [1.29, 1.82) is 0 Å². The largest absolute Gasteiger partial charge is 0.378 e. The molecule has 0 bridgehead atoms. The number of hydrogen-bond acceptors (Lipinski definition) is 3. The molecule has 0 radical (unpaired) electrons. The highest BCUT2D eigenvalue weighted by Gasteiger charge is 2.27. The van der Waals surface area contributed by atoms with E-state index in [4.69, 9.17) is 11.6 Å². The van der Waals surface area contributed by atoms with Gasteiger partial charge in [0.25, 0.3) is 5.91 Å². The van der Waals surface area contributed by atoms with Crippen LogP contribution in [-0.4, -0.2) is 32.7 Å². The van der Waals surface area contributed by atoms with Crippen molar-refractivity contribution in [3.8, 4) is 0 Å². The average molecular weight is 292 g/mol. The lowest BCUT2D eigenvalue weighted by molar-refractivity contribution is -0.141. The molecule has 1 aliphatic rings. The van der Waals surface area contributed by atoms with E-state index in [0.29, 0.717) is 23.7 Å². The van der Waals surface area contributed by atoms with Crippen LogP contribution in [-0.2, 0) is 17.8 Å². The lowest BCUT2D eigenvalue weighted by Gasteiger charge is -2.28. The molecule has 1 aromatic heterocycles. The van der Waals surface area contributed by atoms with Crippen molar-refractivity contribution in [1.82, 2.24) is 15.1 Å². The van der Waals surface area contributed by atoms with Crippen LogP contribution >= 0.6 is 11.6 Å². The Morgan fingerprint density at radius 2 is 2.15 bits per heavy atom. The standard InChI is InChI=1S/C14H14ClN3O2/c15-11-3-1-9(2-4-11)13(19)14(20)18-6-5-10-7-16-17-12(10)8-18/h1-4,7,13,19H,5-6,8H2,(H,16,17). The normalized spacial score (nSPS) is 15.8. The van der Waals surface area contributed by atoms with Crippen LogP contribution in [0.2, 0.25) is 5.02 Å². The number of H-pyrrole nitrogens is 1. The second-order valence-electron chi connectivity index (χ2n) is 4.84. The van der Waals surface area contributed by atoms with E-state index in [0.717, 1.165) is 17.7 Å². The monoisotopic (exact) mass is 291 g/mol. The number of hydrogen-bond donors (Lipinski definition) is 2. The molecule has 1 atom stereocenters. The van der Waals surface area contributed by atoms with Crippen LogP contribution in [0.4, 0.5) is 0 Å². The predicted octanol–water partition coefficient (Wildman–Crippen LogP) is 1.68. The van der Waals surface area contributed by atoms with Crippen molar-refractivity contribution in [3.05, 3.63) is 52.3 Å². The number of benzene rings is 1. The number of carbonyl (C=O) groups excluding carboxylic acids is 1. The molecule has 1 unspecified atom stereocenters. The van der Waals surface area contributed by atoms with Crippen LogP contribution in [0.15, 0.2) is 30.5 Å². The van der Waals surface area contributed by atoms with E-state index in [9.17, 15) is 9.90 Å². The number of carbonyl (C=O) groups is 1. The molecule has 1 amide bonds. The van der Waals surface area contributed by atoms with Gasteiger partial charge in [-0.15, -0.1) is 0 Å². The van der Waals surface area contributed by atoms with Gasteiger partial charge in [0, 0.05) is 11.6 Å². The SMILES string of the molecule is O=C(C(O)c1ccc(Cl)cc1)N1CCc2cn[nH]c2C1. The number of aliphatic hydroxyl groups excluding tert-OH is 1. The molecule has 0 spiro atoms. The minimum atomic E-state index is -1.16. The summed E-state index contributed by atoms with van der Waals surface area (Å²) in [7, 11) is 0. The third-order valence-corrected chi connectivity index (χ3v) is 3.79. The summed E-state index contributed by atoms with van der Waals surface area (Å²) >= 11 is 5.80. The van der Waals surface area contributed by atoms with Crippen molar-refractivity contribution in [2.75, 3.05) is 6.54 Å². The highest BCUT2D eigenvalue weighted by atomic mass is 35.5. The first-order valence-corrected chi connectivity index (χ1v) is 6.76. The van der Waals surface area contributed by atoms with Crippen LogP contribution in [0.1, 0.15) is 22.9 Å². The summed E-state index contributed by atoms with van der Waals surface area (Å²) in [5, 5.41) is 17.6. The third-order valence-electron chi connectivity index (χ3n) is 3.54. The van der Waals surface area contributed by atoms with E-state index in [1.165, 1.54) is 0 Å². The van der Waals surface area contributed by atoms with Gasteiger partial charge in [0.15, 0.2) is 6.10 Å². The molecule has 6 heteroatoms. The quantitative estimate of drug-likeness (QED) is 0.884. The fourth-order valence-corrected chi connectivity index (χ4v) is 2.49. The molecule has 2 aromatic rings. The minimum Gasteiger partial charge on any atom is -0.378 e. The second-order valence-corrected chi connectivity index (χ2v) is 5.27. The second kappa shape index (κ2) is 5.26. The van der Waals surface area contributed by atoms with Gasteiger partial charge in [-0.3, -0.25) is 9.89 Å². The van der Waals surface area contributed by atoms with Gasteiger partial charge >= 0.3 is 0 Å². The van der Waals surface area contributed by atoms with Crippen molar-refractivity contribution in [3.63, 3.8) is 0 Å². The molecule has 0 saturated carbocycles. The molecule has 1 aromatic carbocycles. The summed E-state index contributed by atoms with van der Waals surface area (Å²) in [6.45, 7) is 1.05. The highest BCUT2D eigenvalue weighted by molar-refractivity contribution is 6.30. The lowest BCUT2D eigenvalue weighted by Crippen LogP contribution is -2.38. The van der Waals surface area contributed by atoms with Gasteiger partial charge in [0.1, 0.15) is 0 Å². The molecular formula is C14H14ClN3O2. The summed E-state index contributed by atoms with van der Waals surface area (Å²) in [5.41, 5.74) is 2.62. The molecule has 5 nitrogen and oxygen atoms in total. The maximum atomic E-state index is 12.3. The summed E-state index contributed by atoms with van der Waals surface area (Å²) in [5.74, 6) is -0.299. The zero-order valence-corrected chi connectivity index (χ0v) is 11.5. The average Bonchev–Trinajstić information content (AvgIpc) is 2.94. The van der Waals surface area contributed by atoms with E-state index >= 15 is 0 Å². The highest BCUT2D eigenvalue weighted by Crippen LogP contribution is 2.22. The Morgan fingerprint density at radius 3 is 2.90 bits per heavy atom. The Bertz CT molecular complexity index is 624. The number of fused-ring (bicyclic) bond motifs is 1. The molecule has 0 aliphatic carbocycles. The van der Waals surface area contributed by atoms with Crippen LogP contribution in [0, 0.1) is 0 Å². The van der Waals surface area contributed by atoms with Gasteiger partial charge in [0.2, 0.25) is 0 Å². The first-order chi connectivity index (χ1) is 9.65. The molecule has 20 heavy (non-hydrogen) atoms. The Labute approximate surface area is 121 Å². The van der Waals surface area contributed by atoms with E-state index < -0.39 is 6.10 Å². The van der Waals surface area contributed by atoms with Gasteiger partial charge in [-0.05, 0) is 29.7 Å². The summed E-state index contributed by atoms with van der Waals surface area (Å²) in [6.07, 6.45) is 1.38.